The molecule has 1 aromatic heterocycles. The highest BCUT2D eigenvalue weighted by Gasteiger charge is 2.16. The molecule has 1 aromatic carbocycles. The highest BCUT2D eigenvalue weighted by atomic mass is 16.4. The zero-order valence-electron chi connectivity index (χ0n) is 14.3. The van der Waals surface area contributed by atoms with E-state index in [4.69, 9.17) is 9.52 Å². The minimum Gasteiger partial charge on any atom is -0.475 e. The van der Waals surface area contributed by atoms with Crippen LogP contribution in [-0.2, 0) is 0 Å². The number of amides is 2. The van der Waals surface area contributed by atoms with E-state index in [0.717, 1.165) is 0 Å². The number of carboxylic acid groups (broad SMARTS) is 1. The Balaban J connectivity index is 2.08. The standard InChI is InChI=1S/C18H20N2O5/c1-10(2)9-19-16(21)12-4-5-13(11(3)8-12)20-17(22)14-6-7-15(25-14)18(23)24/h4-8,10H,9H2,1-3H3,(H,19,21)(H,20,22)(H,23,24). The van der Waals surface area contributed by atoms with Crippen LogP contribution < -0.4 is 10.6 Å². The summed E-state index contributed by atoms with van der Waals surface area (Å²) in [4.78, 5) is 35.0. The maximum Gasteiger partial charge on any atom is 0.371 e. The molecule has 0 aliphatic rings. The third-order valence-electron chi connectivity index (χ3n) is 3.45. The Bertz CT molecular complexity index is 808. The van der Waals surface area contributed by atoms with Gasteiger partial charge in [0.15, 0.2) is 5.76 Å². The third-order valence-corrected chi connectivity index (χ3v) is 3.45. The van der Waals surface area contributed by atoms with E-state index in [9.17, 15) is 14.4 Å². The summed E-state index contributed by atoms with van der Waals surface area (Å²) < 4.78 is 4.96. The summed E-state index contributed by atoms with van der Waals surface area (Å²) in [6.07, 6.45) is 0. The van der Waals surface area contributed by atoms with Crippen molar-refractivity contribution in [3.63, 3.8) is 0 Å². The van der Waals surface area contributed by atoms with Crippen molar-refractivity contribution in [1.82, 2.24) is 5.32 Å². The molecule has 2 aromatic rings. The molecule has 2 rings (SSSR count). The summed E-state index contributed by atoms with van der Waals surface area (Å²) >= 11 is 0. The van der Waals surface area contributed by atoms with Crippen LogP contribution in [0.15, 0.2) is 34.7 Å². The van der Waals surface area contributed by atoms with Gasteiger partial charge in [-0.1, -0.05) is 13.8 Å². The molecule has 2 amide bonds. The average molecular weight is 344 g/mol. The molecule has 7 nitrogen and oxygen atoms in total. The van der Waals surface area contributed by atoms with E-state index in [1.54, 1.807) is 25.1 Å². The number of rotatable bonds is 6. The Kier molecular flexibility index (Phi) is 5.59. The van der Waals surface area contributed by atoms with Gasteiger partial charge < -0.3 is 20.2 Å². The molecule has 0 radical (unpaired) electrons. The van der Waals surface area contributed by atoms with Crippen molar-refractivity contribution < 1.29 is 23.9 Å². The van der Waals surface area contributed by atoms with Crippen LogP contribution in [0.2, 0.25) is 0 Å². The number of nitrogens with one attached hydrogen (secondary N) is 2. The minimum absolute atomic E-state index is 0.101. The molecular weight excluding hydrogens is 324 g/mol. The van der Waals surface area contributed by atoms with Gasteiger partial charge in [-0.15, -0.1) is 0 Å². The quantitative estimate of drug-likeness (QED) is 0.746. The van der Waals surface area contributed by atoms with Crippen LogP contribution in [0.1, 0.15) is 50.9 Å². The molecule has 0 saturated heterocycles. The molecule has 0 aliphatic carbocycles. The number of furan rings is 1. The molecule has 0 spiro atoms. The molecule has 0 bridgehead atoms. The van der Waals surface area contributed by atoms with Crippen LogP contribution in [0.4, 0.5) is 5.69 Å². The van der Waals surface area contributed by atoms with Gasteiger partial charge in [0.05, 0.1) is 0 Å². The van der Waals surface area contributed by atoms with E-state index in [2.05, 4.69) is 10.6 Å². The fourth-order valence-corrected chi connectivity index (χ4v) is 2.10. The van der Waals surface area contributed by atoms with Crippen LogP contribution in [0.25, 0.3) is 0 Å². The molecule has 0 atom stereocenters. The SMILES string of the molecule is Cc1cc(C(=O)NCC(C)C)ccc1NC(=O)c1ccc(C(=O)O)o1. The lowest BCUT2D eigenvalue weighted by Crippen LogP contribution is -2.27. The first-order valence-electron chi connectivity index (χ1n) is 7.81. The first-order valence-corrected chi connectivity index (χ1v) is 7.81. The predicted molar refractivity (Wildman–Crippen MR) is 92.0 cm³/mol. The maximum absolute atomic E-state index is 12.1. The monoisotopic (exact) mass is 344 g/mol. The minimum atomic E-state index is -1.24. The van der Waals surface area contributed by atoms with Gasteiger partial charge in [-0.25, -0.2) is 4.79 Å². The Labute approximate surface area is 145 Å². The van der Waals surface area contributed by atoms with Crippen molar-refractivity contribution in [1.29, 1.82) is 0 Å². The number of carboxylic acids is 1. The molecule has 0 saturated carbocycles. The number of aromatic carboxylic acids is 1. The van der Waals surface area contributed by atoms with Crippen molar-refractivity contribution in [2.24, 2.45) is 5.92 Å². The number of benzene rings is 1. The second kappa shape index (κ2) is 7.65. The number of hydrogen-bond donors (Lipinski definition) is 3. The van der Waals surface area contributed by atoms with Gasteiger partial charge in [0.25, 0.3) is 11.8 Å². The van der Waals surface area contributed by atoms with E-state index in [1.165, 1.54) is 12.1 Å². The Morgan fingerprint density at radius 2 is 1.76 bits per heavy atom. The number of anilines is 1. The highest BCUT2D eigenvalue weighted by Crippen LogP contribution is 2.18. The van der Waals surface area contributed by atoms with Gasteiger partial charge in [0.2, 0.25) is 5.76 Å². The summed E-state index contributed by atoms with van der Waals surface area (Å²) in [5.74, 6) is -2.03. The number of carbonyl (C=O) groups excluding carboxylic acids is 2. The summed E-state index contributed by atoms with van der Waals surface area (Å²) in [5.41, 5.74) is 1.72. The van der Waals surface area contributed by atoms with E-state index in [1.807, 2.05) is 13.8 Å². The summed E-state index contributed by atoms with van der Waals surface area (Å²) in [6.45, 7) is 6.36. The van der Waals surface area contributed by atoms with Crippen molar-refractivity contribution in [2.75, 3.05) is 11.9 Å². The second-order valence-electron chi connectivity index (χ2n) is 6.06. The number of carbonyl (C=O) groups is 3. The fraction of sp³-hybridized carbons (Fsp3) is 0.278. The Morgan fingerprint density at radius 3 is 2.32 bits per heavy atom. The van der Waals surface area contributed by atoms with E-state index in [-0.39, 0.29) is 17.4 Å². The van der Waals surface area contributed by atoms with Crippen molar-refractivity contribution in [3.8, 4) is 0 Å². The summed E-state index contributed by atoms with van der Waals surface area (Å²) in [6, 6.07) is 7.42. The summed E-state index contributed by atoms with van der Waals surface area (Å²) in [5, 5.41) is 14.3. The van der Waals surface area contributed by atoms with Gasteiger partial charge in [-0.2, -0.15) is 0 Å². The third kappa shape index (κ3) is 4.69. The lowest BCUT2D eigenvalue weighted by Gasteiger charge is -2.11. The lowest BCUT2D eigenvalue weighted by molar-refractivity contribution is 0.0660. The molecule has 1 heterocycles. The highest BCUT2D eigenvalue weighted by molar-refractivity contribution is 6.04. The molecule has 0 aliphatic heterocycles. The molecule has 0 unspecified atom stereocenters. The van der Waals surface area contributed by atoms with Crippen LogP contribution in [0.3, 0.4) is 0 Å². The number of aryl methyl sites for hydroxylation is 1. The zero-order valence-corrected chi connectivity index (χ0v) is 14.3. The van der Waals surface area contributed by atoms with Crippen LogP contribution in [0, 0.1) is 12.8 Å². The van der Waals surface area contributed by atoms with Crippen LogP contribution in [0.5, 0.6) is 0 Å². The largest absolute Gasteiger partial charge is 0.475 e. The smallest absolute Gasteiger partial charge is 0.371 e. The van der Waals surface area contributed by atoms with E-state index < -0.39 is 11.9 Å². The van der Waals surface area contributed by atoms with Gasteiger partial charge >= 0.3 is 5.97 Å². The molecular formula is C18H20N2O5. The predicted octanol–water partition coefficient (Wildman–Crippen LogP) is 2.92. The summed E-state index contributed by atoms with van der Waals surface area (Å²) in [7, 11) is 0. The van der Waals surface area contributed by atoms with Crippen molar-refractivity contribution >= 4 is 23.5 Å². The molecule has 25 heavy (non-hydrogen) atoms. The second-order valence-corrected chi connectivity index (χ2v) is 6.06. The first-order chi connectivity index (χ1) is 11.8. The van der Waals surface area contributed by atoms with Crippen molar-refractivity contribution in [2.45, 2.75) is 20.8 Å². The van der Waals surface area contributed by atoms with Crippen LogP contribution in [-0.4, -0.2) is 29.4 Å². The average Bonchev–Trinajstić information content (AvgIpc) is 3.04. The molecule has 7 heteroatoms. The topological polar surface area (TPSA) is 109 Å². The zero-order chi connectivity index (χ0) is 18.6. The molecule has 132 valence electrons. The maximum atomic E-state index is 12.1. The lowest BCUT2D eigenvalue weighted by atomic mass is 10.1. The van der Waals surface area contributed by atoms with E-state index >= 15 is 0 Å². The first kappa shape index (κ1) is 18.3. The normalized spacial score (nSPS) is 10.6. The molecule has 3 N–H and O–H groups in total. The Hall–Kier alpha value is -3.09. The van der Waals surface area contributed by atoms with Gasteiger partial charge in [0, 0.05) is 17.8 Å². The Morgan fingerprint density at radius 1 is 1.08 bits per heavy atom. The number of hydrogen-bond acceptors (Lipinski definition) is 4. The van der Waals surface area contributed by atoms with Gasteiger partial charge in [-0.05, 0) is 48.7 Å². The van der Waals surface area contributed by atoms with E-state index in [0.29, 0.717) is 29.3 Å². The van der Waals surface area contributed by atoms with Gasteiger partial charge in [-0.3, -0.25) is 9.59 Å². The van der Waals surface area contributed by atoms with Gasteiger partial charge in [0.1, 0.15) is 0 Å². The molecule has 0 fully saturated rings. The van der Waals surface area contributed by atoms with Crippen LogP contribution >= 0.6 is 0 Å². The van der Waals surface area contributed by atoms with Crippen molar-refractivity contribution in [3.05, 3.63) is 53.0 Å². The fourth-order valence-electron chi connectivity index (χ4n) is 2.10.